The minimum Gasteiger partial charge on any atom is -0.324 e. The summed E-state index contributed by atoms with van der Waals surface area (Å²) in [5, 5.41) is 13.7. The molecule has 0 bridgehead atoms. The van der Waals surface area contributed by atoms with Gasteiger partial charge in [-0.05, 0) is 43.2 Å². The lowest BCUT2D eigenvalue weighted by Crippen LogP contribution is -2.41. The maximum Gasteiger partial charge on any atom is 0.321 e. The molecule has 7 nitrogen and oxygen atoms in total. The Morgan fingerprint density at radius 2 is 1.84 bits per heavy atom. The molecule has 0 aliphatic carbocycles. The average Bonchev–Trinajstić information content (AvgIpc) is 3.27. The van der Waals surface area contributed by atoms with Crippen molar-refractivity contribution < 1.29 is 22.8 Å². The average molecular weight is 461 g/mol. The molecule has 2 N–H and O–H groups in total. The van der Waals surface area contributed by atoms with Gasteiger partial charge in [-0.25, -0.2) is 18.0 Å². The lowest BCUT2D eigenvalue weighted by atomic mass is 9.99. The number of urea groups is 1. The Kier molecular flexibility index (Phi) is 6.35. The molecule has 0 unspecified atom stereocenters. The van der Waals surface area contributed by atoms with Gasteiger partial charge in [-0.3, -0.25) is 4.79 Å². The molecule has 166 valence electrons. The molecule has 2 aromatic carbocycles. The van der Waals surface area contributed by atoms with Crippen molar-refractivity contribution in [3.63, 3.8) is 0 Å². The molecule has 3 aromatic rings. The number of halogens is 3. The molecular weight excluding hydrogens is 443 g/mol. The highest BCUT2D eigenvalue weighted by Crippen LogP contribution is 2.30. The molecule has 2 heterocycles. The number of aromatic nitrogens is 2. The predicted octanol–water partition coefficient (Wildman–Crippen LogP) is 4.62. The summed E-state index contributed by atoms with van der Waals surface area (Å²) in [5.74, 6) is -2.52. The number of anilines is 2. The third kappa shape index (κ3) is 5.05. The molecule has 0 radical (unpaired) electrons. The van der Waals surface area contributed by atoms with Gasteiger partial charge in [-0.1, -0.05) is 17.4 Å². The number of benzene rings is 2. The van der Waals surface area contributed by atoms with Crippen LogP contribution in [-0.4, -0.2) is 40.1 Å². The molecule has 0 spiro atoms. The third-order valence-electron chi connectivity index (χ3n) is 4.95. The number of rotatable bonds is 4. The van der Waals surface area contributed by atoms with Gasteiger partial charge in [0.25, 0.3) is 5.91 Å². The zero-order valence-corrected chi connectivity index (χ0v) is 17.5. The summed E-state index contributed by atoms with van der Waals surface area (Å²) in [6.45, 7) is 0.744. The van der Waals surface area contributed by atoms with Gasteiger partial charge in [0.05, 0.1) is 5.69 Å². The highest BCUT2D eigenvalue weighted by atomic mass is 32.1. The van der Waals surface area contributed by atoms with Crippen molar-refractivity contribution in [1.82, 2.24) is 15.1 Å². The molecule has 0 saturated carbocycles. The molecule has 1 aromatic heterocycles. The zero-order chi connectivity index (χ0) is 22.7. The number of hydrogen-bond donors (Lipinski definition) is 2. The van der Waals surface area contributed by atoms with E-state index in [0.29, 0.717) is 30.2 Å². The summed E-state index contributed by atoms with van der Waals surface area (Å²) >= 11 is 1.10. The number of hydrogen-bond acceptors (Lipinski definition) is 5. The molecule has 1 fully saturated rings. The topological polar surface area (TPSA) is 87.2 Å². The van der Waals surface area contributed by atoms with E-state index in [4.69, 9.17) is 0 Å². The summed E-state index contributed by atoms with van der Waals surface area (Å²) in [4.78, 5) is 26.4. The summed E-state index contributed by atoms with van der Waals surface area (Å²) in [5.41, 5.74) is 0.0705. The molecule has 1 aliphatic rings. The molecular formula is C21H18F3N5O2S. The first-order chi connectivity index (χ1) is 15.4. The fourth-order valence-corrected chi connectivity index (χ4v) is 4.26. The second-order valence-electron chi connectivity index (χ2n) is 7.25. The van der Waals surface area contributed by atoms with E-state index in [0.717, 1.165) is 36.0 Å². The van der Waals surface area contributed by atoms with E-state index in [1.54, 1.807) is 6.07 Å². The fraction of sp³-hybridized carbons (Fsp3) is 0.238. The number of carbonyl (C=O) groups excluding carboxylic acids is 2. The van der Waals surface area contributed by atoms with Crippen molar-refractivity contribution in [2.45, 2.75) is 18.8 Å². The largest absolute Gasteiger partial charge is 0.324 e. The van der Waals surface area contributed by atoms with Gasteiger partial charge in [0.1, 0.15) is 22.5 Å². The summed E-state index contributed by atoms with van der Waals surface area (Å²) in [6.07, 6.45) is 1.41. The molecule has 1 aliphatic heterocycles. The van der Waals surface area contributed by atoms with Crippen LogP contribution in [-0.2, 0) is 0 Å². The minimum atomic E-state index is -0.730. The lowest BCUT2D eigenvalue weighted by Gasteiger charge is -2.31. The fourth-order valence-electron chi connectivity index (χ4n) is 3.39. The van der Waals surface area contributed by atoms with Crippen LogP contribution < -0.4 is 10.6 Å². The van der Waals surface area contributed by atoms with Gasteiger partial charge >= 0.3 is 6.03 Å². The monoisotopic (exact) mass is 461 g/mol. The Bertz CT molecular complexity index is 1160. The number of likely N-dealkylation sites (tertiary alicyclic amines) is 1. The second-order valence-corrected chi connectivity index (χ2v) is 8.26. The SMILES string of the molecule is O=C(Nc1cccc(F)c1)c1nnc([C@H]2CCCN(C(=O)Nc3cc(F)ccc3F)C2)s1. The normalized spacial score (nSPS) is 16.0. The van der Waals surface area contributed by atoms with Crippen molar-refractivity contribution >= 4 is 34.6 Å². The summed E-state index contributed by atoms with van der Waals surface area (Å²) in [6, 6.07) is 7.79. The van der Waals surface area contributed by atoms with E-state index in [2.05, 4.69) is 20.8 Å². The van der Waals surface area contributed by atoms with Crippen LogP contribution in [0.2, 0.25) is 0 Å². The minimum absolute atomic E-state index is 0.118. The van der Waals surface area contributed by atoms with Gasteiger partial charge in [-0.15, -0.1) is 10.2 Å². The Hall–Kier alpha value is -3.47. The Balaban J connectivity index is 1.40. The Labute approximate surface area is 185 Å². The van der Waals surface area contributed by atoms with E-state index in [9.17, 15) is 22.8 Å². The summed E-state index contributed by atoms with van der Waals surface area (Å²) < 4.78 is 40.5. The zero-order valence-electron chi connectivity index (χ0n) is 16.6. The standard InChI is InChI=1S/C21H18F3N5O2S/c22-13-4-1-5-15(9-13)25-18(30)20-28-27-19(32-20)12-3-2-8-29(11-12)21(31)26-17-10-14(23)6-7-16(17)24/h1,4-7,9-10,12H,2-3,8,11H2,(H,25,30)(H,26,31)/t12-/m0/s1. The van der Waals surface area contributed by atoms with Crippen LogP contribution in [0, 0.1) is 17.5 Å². The molecule has 1 saturated heterocycles. The van der Waals surface area contributed by atoms with Crippen molar-refractivity contribution in [3.8, 4) is 0 Å². The van der Waals surface area contributed by atoms with Crippen LogP contribution in [0.5, 0.6) is 0 Å². The first-order valence-corrected chi connectivity index (χ1v) is 10.6. The van der Waals surface area contributed by atoms with E-state index >= 15 is 0 Å². The van der Waals surface area contributed by atoms with Gasteiger partial charge in [-0.2, -0.15) is 0 Å². The summed E-state index contributed by atoms with van der Waals surface area (Å²) in [7, 11) is 0. The molecule has 3 amide bonds. The molecule has 4 rings (SSSR count). The van der Waals surface area contributed by atoms with E-state index in [1.165, 1.54) is 23.1 Å². The quantitative estimate of drug-likeness (QED) is 0.594. The maximum atomic E-state index is 13.8. The van der Waals surface area contributed by atoms with Crippen molar-refractivity contribution in [3.05, 3.63) is 69.9 Å². The van der Waals surface area contributed by atoms with Crippen molar-refractivity contribution in [1.29, 1.82) is 0 Å². The molecule has 1 atom stereocenters. The number of nitrogens with one attached hydrogen (secondary N) is 2. The molecule has 11 heteroatoms. The van der Waals surface area contributed by atoms with Crippen molar-refractivity contribution in [2.75, 3.05) is 23.7 Å². The smallest absolute Gasteiger partial charge is 0.321 e. The van der Waals surface area contributed by atoms with Gasteiger partial charge in [0.15, 0.2) is 0 Å². The number of piperidine rings is 1. The first kappa shape index (κ1) is 21.8. The van der Waals surface area contributed by atoms with Crippen LogP contribution in [0.15, 0.2) is 42.5 Å². The van der Waals surface area contributed by atoms with Crippen LogP contribution in [0.4, 0.5) is 29.3 Å². The Morgan fingerprint density at radius 3 is 2.66 bits per heavy atom. The van der Waals surface area contributed by atoms with E-state index < -0.39 is 29.4 Å². The van der Waals surface area contributed by atoms with E-state index in [1.807, 2.05) is 0 Å². The van der Waals surface area contributed by atoms with Gasteiger partial charge < -0.3 is 15.5 Å². The Morgan fingerprint density at radius 1 is 1.03 bits per heavy atom. The predicted molar refractivity (Wildman–Crippen MR) is 113 cm³/mol. The number of nitrogens with zero attached hydrogens (tertiary/aromatic N) is 3. The van der Waals surface area contributed by atoms with Crippen LogP contribution in [0.3, 0.4) is 0 Å². The van der Waals surface area contributed by atoms with Crippen molar-refractivity contribution in [2.24, 2.45) is 0 Å². The first-order valence-electron chi connectivity index (χ1n) is 9.80. The number of amides is 3. The van der Waals surface area contributed by atoms with Crippen LogP contribution in [0.25, 0.3) is 0 Å². The third-order valence-corrected chi connectivity index (χ3v) is 6.03. The maximum absolute atomic E-state index is 13.8. The second kappa shape index (κ2) is 9.35. The highest BCUT2D eigenvalue weighted by molar-refractivity contribution is 7.13. The van der Waals surface area contributed by atoms with Crippen LogP contribution in [0.1, 0.15) is 33.6 Å². The van der Waals surface area contributed by atoms with Gasteiger partial charge in [0.2, 0.25) is 5.01 Å². The molecule has 32 heavy (non-hydrogen) atoms. The van der Waals surface area contributed by atoms with E-state index in [-0.39, 0.29) is 16.6 Å². The number of carbonyl (C=O) groups is 2. The lowest BCUT2D eigenvalue weighted by molar-refractivity contribution is 0.102. The van der Waals surface area contributed by atoms with Gasteiger partial charge in [0, 0.05) is 30.8 Å². The van der Waals surface area contributed by atoms with Crippen LogP contribution >= 0.6 is 11.3 Å². The highest BCUT2D eigenvalue weighted by Gasteiger charge is 2.28.